The lowest BCUT2D eigenvalue weighted by Gasteiger charge is -2.22. The second-order valence-corrected chi connectivity index (χ2v) is 6.13. The van der Waals surface area contributed by atoms with Crippen LogP contribution < -0.4 is 5.32 Å². The minimum atomic E-state index is -0.155. The minimum absolute atomic E-state index is 0.0555. The quantitative estimate of drug-likeness (QED) is 0.876. The van der Waals surface area contributed by atoms with Gasteiger partial charge < -0.3 is 9.47 Å². The lowest BCUT2D eigenvalue weighted by Crippen LogP contribution is -2.27. The normalized spacial score (nSPS) is 19.0. The molecule has 0 saturated carbocycles. The van der Waals surface area contributed by atoms with E-state index in [4.69, 9.17) is 9.47 Å². The molecule has 2 rings (SSSR count). The first-order valence-corrected chi connectivity index (χ1v) is 7.96. The van der Waals surface area contributed by atoms with E-state index in [1.54, 1.807) is 0 Å². The van der Waals surface area contributed by atoms with Gasteiger partial charge in [-0.2, -0.15) is 0 Å². The molecule has 1 fully saturated rings. The largest absolute Gasteiger partial charge is 0.376 e. The van der Waals surface area contributed by atoms with E-state index >= 15 is 0 Å². The molecule has 0 radical (unpaired) electrons. The van der Waals surface area contributed by atoms with Gasteiger partial charge in [0.05, 0.1) is 18.4 Å². The van der Waals surface area contributed by atoms with Crippen molar-refractivity contribution in [3.05, 3.63) is 10.6 Å². The Hall–Kier alpha value is -0.980. The SMILES string of the molecule is CCc1nc(NC(=O)COCC2CCCCO2)sc1C. The van der Waals surface area contributed by atoms with Gasteiger partial charge in [-0.25, -0.2) is 4.98 Å². The van der Waals surface area contributed by atoms with Gasteiger partial charge in [-0.1, -0.05) is 6.92 Å². The smallest absolute Gasteiger partial charge is 0.252 e. The van der Waals surface area contributed by atoms with Crippen molar-refractivity contribution in [2.45, 2.75) is 45.6 Å². The highest BCUT2D eigenvalue weighted by Crippen LogP contribution is 2.22. The van der Waals surface area contributed by atoms with Crippen LogP contribution in [0.1, 0.15) is 36.8 Å². The topological polar surface area (TPSA) is 60.5 Å². The van der Waals surface area contributed by atoms with E-state index < -0.39 is 0 Å². The van der Waals surface area contributed by atoms with Crippen LogP contribution in [0.4, 0.5) is 5.13 Å². The third-order valence-corrected chi connectivity index (χ3v) is 4.21. The van der Waals surface area contributed by atoms with Crippen LogP contribution in [0.3, 0.4) is 0 Å². The van der Waals surface area contributed by atoms with Gasteiger partial charge in [0.2, 0.25) is 0 Å². The molecular formula is C14H22N2O3S. The summed E-state index contributed by atoms with van der Waals surface area (Å²) < 4.78 is 11.0. The Bertz CT molecular complexity index is 442. The van der Waals surface area contributed by atoms with Gasteiger partial charge in [-0.05, 0) is 32.6 Å². The number of carbonyl (C=O) groups is 1. The van der Waals surface area contributed by atoms with Crippen LogP contribution in [0.5, 0.6) is 0 Å². The Morgan fingerprint density at radius 1 is 1.55 bits per heavy atom. The second kappa shape index (κ2) is 7.71. The fourth-order valence-electron chi connectivity index (χ4n) is 2.19. The lowest BCUT2D eigenvalue weighted by molar-refractivity contribution is -0.122. The molecule has 6 heteroatoms. The fraction of sp³-hybridized carbons (Fsp3) is 0.714. The van der Waals surface area contributed by atoms with Crippen LogP contribution in [0.15, 0.2) is 0 Å². The summed E-state index contributed by atoms with van der Waals surface area (Å²) in [5.74, 6) is -0.155. The summed E-state index contributed by atoms with van der Waals surface area (Å²) in [6, 6.07) is 0. The molecule has 5 nitrogen and oxygen atoms in total. The number of rotatable bonds is 6. The Kier molecular flexibility index (Phi) is 5.94. The summed E-state index contributed by atoms with van der Waals surface area (Å²) >= 11 is 1.51. The molecule has 1 aliphatic rings. The van der Waals surface area contributed by atoms with E-state index in [1.165, 1.54) is 17.8 Å². The summed E-state index contributed by atoms with van der Waals surface area (Å²) in [5, 5.41) is 3.43. The number of hydrogen-bond acceptors (Lipinski definition) is 5. The van der Waals surface area contributed by atoms with Crippen molar-refractivity contribution >= 4 is 22.4 Å². The molecule has 20 heavy (non-hydrogen) atoms. The Morgan fingerprint density at radius 2 is 2.40 bits per heavy atom. The van der Waals surface area contributed by atoms with Crippen LogP contribution in [0, 0.1) is 6.92 Å². The molecule has 112 valence electrons. The van der Waals surface area contributed by atoms with E-state index in [0.717, 1.165) is 36.4 Å². The summed E-state index contributed by atoms with van der Waals surface area (Å²) in [6.07, 6.45) is 4.35. The molecule has 1 unspecified atom stereocenters. The zero-order valence-electron chi connectivity index (χ0n) is 12.1. The highest BCUT2D eigenvalue weighted by molar-refractivity contribution is 7.15. The van der Waals surface area contributed by atoms with Gasteiger partial charge in [-0.15, -0.1) is 11.3 Å². The van der Waals surface area contributed by atoms with Crippen molar-refractivity contribution in [1.82, 2.24) is 4.98 Å². The van der Waals surface area contributed by atoms with Crippen LogP contribution >= 0.6 is 11.3 Å². The van der Waals surface area contributed by atoms with Crippen LogP contribution in [0.2, 0.25) is 0 Å². The number of thiazole rings is 1. The number of hydrogen-bond donors (Lipinski definition) is 1. The van der Waals surface area contributed by atoms with Crippen molar-refractivity contribution in [2.24, 2.45) is 0 Å². The average molecular weight is 298 g/mol. The number of aromatic nitrogens is 1. The maximum Gasteiger partial charge on any atom is 0.252 e. The summed E-state index contributed by atoms with van der Waals surface area (Å²) in [4.78, 5) is 17.3. The molecular weight excluding hydrogens is 276 g/mol. The van der Waals surface area contributed by atoms with E-state index in [-0.39, 0.29) is 18.6 Å². The highest BCUT2D eigenvalue weighted by atomic mass is 32.1. The molecule has 0 aliphatic carbocycles. The Labute approximate surface area is 123 Å². The zero-order valence-corrected chi connectivity index (χ0v) is 12.9. The molecule has 1 N–H and O–H groups in total. The van der Waals surface area contributed by atoms with Gasteiger partial charge in [0.25, 0.3) is 5.91 Å². The maximum atomic E-state index is 11.8. The summed E-state index contributed by atoms with van der Waals surface area (Å²) in [7, 11) is 0. The lowest BCUT2D eigenvalue weighted by atomic mass is 10.1. The van der Waals surface area contributed by atoms with Crippen LogP contribution in [0.25, 0.3) is 0 Å². The highest BCUT2D eigenvalue weighted by Gasteiger charge is 2.15. The first kappa shape index (κ1) is 15.4. The Morgan fingerprint density at radius 3 is 3.05 bits per heavy atom. The van der Waals surface area contributed by atoms with Gasteiger partial charge in [0.15, 0.2) is 5.13 Å². The minimum Gasteiger partial charge on any atom is -0.376 e. The van der Waals surface area contributed by atoms with E-state index in [0.29, 0.717) is 11.7 Å². The van der Waals surface area contributed by atoms with Crippen molar-refractivity contribution in [3.63, 3.8) is 0 Å². The number of ether oxygens (including phenoxy) is 2. The second-order valence-electron chi connectivity index (χ2n) is 4.93. The van der Waals surface area contributed by atoms with Crippen molar-refractivity contribution in [3.8, 4) is 0 Å². The van der Waals surface area contributed by atoms with Gasteiger partial charge >= 0.3 is 0 Å². The van der Waals surface area contributed by atoms with Gasteiger partial charge in [0.1, 0.15) is 6.61 Å². The number of aryl methyl sites for hydroxylation is 2. The summed E-state index contributed by atoms with van der Waals surface area (Å²) in [6.45, 7) is 5.42. The van der Waals surface area contributed by atoms with Crippen molar-refractivity contribution in [2.75, 3.05) is 25.1 Å². The molecule has 1 aliphatic heterocycles. The van der Waals surface area contributed by atoms with Gasteiger partial charge in [0, 0.05) is 11.5 Å². The zero-order chi connectivity index (χ0) is 14.4. The molecule has 1 aromatic rings. The molecule has 0 bridgehead atoms. The number of amides is 1. The molecule has 1 saturated heterocycles. The number of carbonyl (C=O) groups excluding carboxylic acids is 1. The molecule has 1 amide bonds. The molecule has 2 heterocycles. The first-order chi connectivity index (χ1) is 9.69. The molecule has 1 aromatic heterocycles. The molecule has 0 spiro atoms. The van der Waals surface area contributed by atoms with Crippen molar-refractivity contribution in [1.29, 1.82) is 0 Å². The molecule has 1 atom stereocenters. The maximum absolute atomic E-state index is 11.8. The van der Waals surface area contributed by atoms with E-state index in [1.807, 2.05) is 6.92 Å². The fourth-order valence-corrected chi connectivity index (χ4v) is 3.11. The molecule has 0 aromatic carbocycles. The summed E-state index contributed by atoms with van der Waals surface area (Å²) in [5.41, 5.74) is 1.04. The number of nitrogens with zero attached hydrogens (tertiary/aromatic N) is 1. The van der Waals surface area contributed by atoms with E-state index in [2.05, 4.69) is 17.2 Å². The predicted octanol–water partition coefficient (Wildman–Crippen LogP) is 2.54. The standard InChI is InChI=1S/C14H22N2O3S/c1-3-12-10(2)20-14(15-12)16-13(17)9-18-8-11-6-4-5-7-19-11/h11H,3-9H2,1-2H3,(H,15,16,17). The van der Waals surface area contributed by atoms with Crippen LogP contribution in [-0.2, 0) is 20.7 Å². The Balaban J connectivity index is 1.69. The third kappa shape index (κ3) is 4.54. The number of nitrogens with one attached hydrogen (secondary N) is 1. The van der Waals surface area contributed by atoms with Crippen molar-refractivity contribution < 1.29 is 14.3 Å². The monoisotopic (exact) mass is 298 g/mol. The van der Waals surface area contributed by atoms with Gasteiger partial charge in [-0.3, -0.25) is 10.1 Å². The van der Waals surface area contributed by atoms with Crippen LogP contribution in [-0.4, -0.2) is 36.8 Å². The first-order valence-electron chi connectivity index (χ1n) is 7.14. The predicted molar refractivity (Wildman–Crippen MR) is 79.3 cm³/mol. The number of anilines is 1. The average Bonchev–Trinajstić information content (AvgIpc) is 2.80. The van der Waals surface area contributed by atoms with E-state index in [9.17, 15) is 4.79 Å². The third-order valence-electron chi connectivity index (χ3n) is 3.28.